The lowest BCUT2D eigenvalue weighted by Crippen LogP contribution is -2.14. The van der Waals surface area contributed by atoms with E-state index in [0.29, 0.717) is 5.69 Å². The van der Waals surface area contributed by atoms with E-state index in [1.807, 2.05) is 48.0 Å². The Hall–Kier alpha value is -2.34. The number of anilines is 1. The molecule has 1 N–H and O–H groups in total. The van der Waals surface area contributed by atoms with Crippen LogP contribution in [0.25, 0.3) is 16.9 Å². The molecule has 2 heterocycles. The molecule has 3 rings (SSSR count). The van der Waals surface area contributed by atoms with Crippen LogP contribution in [0.4, 0.5) is 5.69 Å². The number of fused-ring (bicyclic) bond motifs is 1. The Kier molecular flexibility index (Phi) is 3.62. The van der Waals surface area contributed by atoms with Crippen molar-refractivity contribution in [2.45, 2.75) is 13.8 Å². The average molecular weight is 315 g/mol. The number of rotatable bonds is 4. The van der Waals surface area contributed by atoms with Crippen LogP contribution in [0.2, 0.25) is 0 Å². The van der Waals surface area contributed by atoms with Gasteiger partial charge in [-0.2, -0.15) is 0 Å². The number of nitrogens with one attached hydrogen (secondary N) is 1. The van der Waals surface area contributed by atoms with Crippen molar-refractivity contribution in [1.29, 1.82) is 0 Å². The molecule has 0 saturated heterocycles. The van der Waals surface area contributed by atoms with Crippen molar-refractivity contribution in [1.82, 2.24) is 9.38 Å². The van der Waals surface area contributed by atoms with Gasteiger partial charge in [0.2, 0.25) is 10.0 Å². The third-order valence-electron chi connectivity index (χ3n) is 3.49. The van der Waals surface area contributed by atoms with Gasteiger partial charge in [-0.05, 0) is 37.6 Å². The first kappa shape index (κ1) is 14.6. The highest BCUT2D eigenvalue weighted by Crippen LogP contribution is 2.23. The molecule has 114 valence electrons. The SMILES string of the molecule is CCS(=O)(=O)Nc1cccc(-c2cn3cccc(C)c3n2)c1. The van der Waals surface area contributed by atoms with E-state index in [1.54, 1.807) is 19.1 Å². The number of nitrogens with zero attached hydrogens (tertiary/aromatic N) is 2. The number of hydrogen-bond donors (Lipinski definition) is 1. The molecule has 0 amide bonds. The zero-order chi connectivity index (χ0) is 15.7. The van der Waals surface area contributed by atoms with Gasteiger partial charge in [-0.15, -0.1) is 0 Å². The fourth-order valence-electron chi connectivity index (χ4n) is 2.29. The van der Waals surface area contributed by atoms with Crippen molar-refractivity contribution in [2.75, 3.05) is 10.5 Å². The van der Waals surface area contributed by atoms with Crippen LogP contribution in [-0.2, 0) is 10.0 Å². The lowest BCUT2D eigenvalue weighted by molar-refractivity contribution is 0.602. The summed E-state index contributed by atoms with van der Waals surface area (Å²) >= 11 is 0. The second-order valence-corrected chi connectivity index (χ2v) is 7.15. The molecule has 1 aromatic carbocycles. The highest BCUT2D eigenvalue weighted by molar-refractivity contribution is 7.92. The summed E-state index contributed by atoms with van der Waals surface area (Å²) < 4.78 is 27.9. The van der Waals surface area contributed by atoms with Crippen molar-refractivity contribution in [3.8, 4) is 11.3 Å². The van der Waals surface area contributed by atoms with E-state index in [0.717, 1.165) is 22.5 Å². The maximum absolute atomic E-state index is 11.7. The summed E-state index contributed by atoms with van der Waals surface area (Å²) in [7, 11) is -3.28. The minimum Gasteiger partial charge on any atom is -0.306 e. The predicted molar refractivity (Wildman–Crippen MR) is 88.4 cm³/mol. The molecule has 0 radical (unpaired) electrons. The molecule has 6 heteroatoms. The molecule has 0 aliphatic rings. The van der Waals surface area contributed by atoms with E-state index in [1.165, 1.54) is 0 Å². The van der Waals surface area contributed by atoms with Crippen molar-refractivity contribution in [3.05, 3.63) is 54.4 Å². The number of aromatic nitrogens is 2. The van der Waals surface area contributed by atoms with Gasteiger partial charge in [-0.25, -0.2) is 13.4 Å². The zero-order valence-corrected chi connectivity index (χ0v) is 13.3. The van der Waals surface area contributed by atoms with Gasteiger partial charge in [-0.1, -0.05) is 18.2 Å². The smallest absolute Gasteiger partial charge is 0.232 e. The van der Waals surface area contributed by atoms with Crippen molar-refractivity contribution in [3.63, 3.8) is 0 Å². The van der Waals surface area contributed by atoms with Crippen molar-refractivity contribution < 1.29 is 8.42 Å². The number of benzene rings is 1. The topological polar surface area (TPSA) is 63.5 Å². The third kappa shape index (κ3) is 2.82. The highest BCUT2D eigenvalue weighted by atomic mass is 32.2. The van der Waals surface area contributed by atoms with Gasteiger partial charge in [0, 0.05) is 23.6 Å². The van der Waals surface area contributed by atoms with Crippen LogP contribution < -0.4 is 4.72 Å². The van der Waals surface area contributed by atoms with Gasteiger partial charge in [0.15, 0.2) is 0 Å². The Balaban J connectivity index is 2.02. The van der Waals surface area contributed by atoms with Crippen LogP contribution in [0.3, 0.4) is 0 Å². The summed E-state index contributed by atoms with van der Waals surface area (Å²) in [6.45, 7) is 3.62. The first-order valence-corrected chi connectivity index (χ1v) is 8.69. The highest BCUT2D eigenvalue weighted by Gasteiger charge is 2.09. The Bertz CT molecular complexity index is 929. The second-order valence-electron chi connectivity index (χ2n) is 5.13. The van der Waals surface area contributed by atoms with Crippen molar-refractivity contribution >= 4 is 21.4 Å². The van der Waals surface area contributed by atoms with Gasteiger partial charge in [0.1, 0.15) is 5.65 Å². The van der Waals surface area contributed by atoms with E-state index >= 15 is 0 Å². The van der Waals surface area contributed by atoms with Crippen molar-refractivity contribution in [2.24, 2.45) is 0 Å². The first-order chi connectivity index (χ1) is 10.5. The molecule has 0 spiro atoms. The molecular formula is C16H17N3O2S. The average Bonchev–Trinajstić information content (AvgIpc) is 2.93. The van der Waals surface area contributed by atoms with Gasteiger partial charge in [0.05, 0.1) is 11.4 Å². The monoisotopic (exact) mass is 315 g/mol. The molecule has 0 bridgehead atoms. The summed E-state index contributed by atoms with van der Waals surface area (Å²) in [4.78, 5) is 4.63. The van der Waals surface area contributed by atoms with E-state index in [2.05, 4.69) is 9.71 Å². The van der Waals surface area contributed by atoms with E-state index in [9.17, 15) is 8.42 Å². The molecule has 0 aliphatic heterocycles. The Morgan fingerprint density at radius 3 is 2.77 bits per heavy atom. The van der Waals surface area contributed by atoms with Gasteiger partial charge in [-0.3, -0.25) is 4.72 Å². The first-order valence-electron chi connectivity index (χ1n) is 7.04. The fraction of sp³-hybridized carbons (Fsp3) is 0.188. The minimum atomic E-state index is -3.28. The number of pyridine rings is 1. The summed E-state index contributed by atoms with van der Waals surface area (Å²) in [5, 5.41) is 0. The zero-order valence-electron chi connectivity index (χ0n) is 12.4. The molecular weight excluding hydrogens is 298 g/mol. The third-order valence-corrected chi connectivity index (χ3v) is 4.80. The number of imidazole rings is 1. The second kappa shape index (κ2) is 5.46. The maximum Gasteiger partial charge on any atom is 0.232 e. The quantitative estimate of drug-likeness (QED) is 0.805. The number of aryl methyl sites for hydroxylation is 1. The fourth-order valence-corrected chi connectivity index (χ4v) is 2.92. The van der Waals surface area contributed by atoms with Crippen LogP contribution in [-0.4, -0.2) is 23.6 Å². The molecule has 0 saturated carbocycles. The largest absolute Gasteiger partial charge is 0.306 e. The lowest BCUT2D eigenvalue weighted by atomic mass is 10.1. The standard InChI is InChI=1S/C16H17N3O2S/c1-3-22(20,21)18-14-8-4-7-13(10-14)15-11-19-9-5-6-12(2)16(19)17-15/h4-11,18H,3H2,1-2H3. The van der Waals surface area contributed by atoms with E-state index in [4.69, 9.17) is 0 Å². The molecule has 22 heavy (non-hydrogen) atoms. The summed E-state index contributed by atoms with van der Waals surface area (Å²) in [5.41, 5.74) is 4.23. The summed E-state index contributed by atoms with van der Waals surface area (Å²) in [5.74, 6) is 0.0464. The summed E-state index contributed by atoms with van der Waals surface area (Å²) in [6, 6.07) is 11.3. The number of sulfonamides is 1. The molecule has 2 aromatic heterocycles. The molecule has 0 unspecified atom stereocenters. The molecule has 0 fully saturated rings. The van der Waals surface area contributed by atoms with E-state index < -0.39 is 10.0 Å². The Morgan fingerprint density at radius 1 is 1.23 bits per heavy atom. The van der Waals surface area contributed by atoms with Gasteiger partial charge < -0.3 is 4.40 Å². The molecule has 0 aliphatic carbocycles. The summed E-state index contributed by atoms with van der Waals surface area (Å²) in [6.07, 6.45) is 3.89. The molecule has 3 aromatic rings. The van der Waals surface area contributed by atoms with Crippen LogP contribution in [0, 0.1) is 6.92 Å². The number of hydrogen-bond acceptors (Lipinski definition) is 3. The van der Waals surface area contributed by atoms with Crippen LogP contribution in [0.1, 0.15) is 12.5 Å². The van der Waals surface area contributed by atoms with Gasteiger partial charge in [0.25, 0.3) is 0 Å². The lowest BCUT2D eigenvalue weighted by Gasteiger charge is -2.06. The molecule has 0 atom stereocenters. The van der Waals surface area contributed by atoms with Gasteiger partial charge >= 0.3 is 0 Å². The normalized spacial score (nSPS) is 11.7. The Morgan fingerprint density at radius 2 is 2.05 bits per heavy atom. The predicted octanol–water partition coefficient (Wildman–Crippen LogP) is 3.07. The van der Waals surface area contributed by atoms with Crippen LogP contribution in [0.15, 0.2) is 48.8 Å². The van der Waals surface area contributed by atoms with E-state index in [-0.39, 0.29) is 5.75 Å². The van der Waals surface area contributed by atoms with Crippen LogP contribution in [0.5, 0.6) is 0 Å². The molecule has 5 nitrogen and oxygen atoms in total. The minimum absolute atomic E-state index is 0.0464. The van der Waals surface area contributed by atoms with Crippen LogP contribution >= 0.6 is 0 Å². The Labute approximate surface area is 129 Å². The maximum atomic E-state index is 11.7.